The molecule has 0 spiro atoms. The quantitative estimate of drug-likeness (QED) is 0.623. The van der Waals surface area contributed by atoms with Crippen LogP contribution in [0.4, 0.5) is 4.39 Å². The van der Waals surface area contributed by atoms with Crippen LogP contribution in [0, 0.1) is 5.82 Å². The third-order valence-electron chi connectivity index (χ3n) is 2.53. The van der Waals surface area contributed by atoms with Crippen molar-refractivity contribution in [1.29, 1.82) is 0 Å². The van der Waals surface area contributed by atoms with Crippen molar-refractivity contribution in [3.05, 3.63) is 33.5 Å². The molecule has 2 atom stereocenters. The third kappa shape index (κ3) is 0.756. The molecular formula is C9H6BrFO. The van der Waals surface area contributed by atoms with E-state index in [9.17, 15) is 4.39 Å². The van der Waals surface area contributed by atoms with Gasteiger partial charge in [0.25, 0.3) is 0 Å². The average Bonchev–Trinajstić information content (AvgIpc) is 2.73. The second kappa shape index (κ2) is 2.09. The van der Waals surface area contributed by atoms with Gasteiger partial charge in [0.05, 0.1) is 10.6 Å². The minimum Gasteiger partial charge on any atom is -0.364 e. The van der Waals surface area contributed by atoms with E-state index in [0.717, 1.165) is 17.5 Å². The van der Waals surface area contributed by atoms with E-state index >= 15 is 0 Å². The Kier molecular flexibility index (Phi) is 1.23. The van der Waals surface area contributed by atoms with Gasteiger partial charge in [-0.25, -0.2) is 4.39 Å². The van der Waals surface area contributed by atoms with Crippen molar-refractivity contribution in [2.24, 2.45) is 0 Å². The fourth-order valence-electron chi connectivity index (χ4n) is 1.85. The van der Waals surface area contributed by atoms with Crippen molar-refractivity contribution in [2.75, 3.05) is 0 Å². The SMILES string of the molecule is Fc1ccc2c(c1Br)C[C@H]1O[C@H]21. The molecule has 1 nitrogen and oxygen atoms in total. The van der Waals surface area contributed by atoms with E-state index in [-0.39, 0.29) is 11.9 Å². The summed E-state index contributed by atoms with van der Waals surface area (Å²) >= 11 is 3.25. The van der Waals surface area contributed by atoms with Crippen molar-refractivity contribution in [3.8, 4) is 0 Å². The molecule has 3 rings (SSSR count). The van der Waals surface area contributed by atoms with Crippen LogP contribution in [0.15, 0.2) is 16.6 Å². The van der Waals surface area contributed by atoms with E-state index in [4.69, 9.17) is 4.74 Å². The van der Waals surface area contributed by atoms with E-state index in [1.807, 2.05) is 6.07 Å². The minimum absolute atomic E-state index is 0.171. The van der Waals surface area contributed by atoms with Crippen LogP contribution in [0.2, 0.25) is 0 Å². The maximum absolute atomic E-state index is 13.0. The molecule has 0 amide bonds. The highest BCUT2D eigenvalue weighted by atomic mass is 79.9. The number of rotatable bonds is 0. The Morgan fingerprint density at radius 3 is 3.17 bits per heavy atom. The third-order valence-corrected chi connectivity index (χ3v) is 3.38. The Labute approximate surface area is 77.7 Å². The number of hydrogen-bond acceptors (Lipinski definition) is 1. The van der Waals surface area contributed by atoms with Gasteiger partial charge in [0.1, 0.15) is 11.9 Å². The van der Waals surface area contributed by atoms with Gasteiger partial charge in [-0.05, 0) is 33.1 Å². The minimum atomic E-state index is -0.171. The van der Waals surface area contributed by atoms with Crippen molar-refractivity contribution < 1.29 is 9.13 Å². The Balaban J connectivity index is 2.24. The van der Waals surface area contributed by atoms with Crippen LogP contribution < -0.4 is 0 Å². The number of epoxide rings is 1. The van der Waals surface area contributed by atoms with Gasteiger partial charge >= 0.3 is 0 Å². The van der Waals surface area contributed by atoms with Crippen molar-refractivity contribution >= 4 is 15.9 Å². The molecule has 3 heteroatoms. The predicted molar refractivity (Wildman–Crippen MR) is 45.4 cm³/mol. The number of hydrogen-bond donors (Lipinski definition) is 0. The summed E-state index contributed by atoms with van der Waals surface area (Å²) < 4.78 is 19.0. The van der Waals surface area contributed by atoms with Gasteiger partial charge in [0.15, 0.2) is 0 Å². The highest BCUT2D eigenvalue weighted by Crippen LogP contribution is 2.50. The molecule has 2 aliphatic rings. The van der Waals surface area contributed by atoms with E-state index in [2.05, 4.69) is 15.9 Å². The lowest BCUT2D eigenvalue weighted by atomic mass is 10.1. The standard InChI is InChI=1S/C9H6BrFO/c10-8-5-3-7-9(12-7)4(5)1-2-6(8)11/h1-2,7,9H,3H2/t7-,9-/m1/s1. The van der Waals surface area contributed by atoms with Crippen LogP contribution in [0.5, 0.6) is 0 Å². The summed E-state index contributed by atoms with van der Waals surface area (Å²) in [5.41, 5.74) is 2.25. The van der Waals surface area contributed by atoms with Crippen molar-refractivity contribution in [1.82, 2.24) is 0 Å². The Morgan fingerprint density at radius 1 is 1.50 bits per heavy atom. The Morgan fingerprint density at radius 2 is 2.33 bits per heavy atom. The maximum atomic E-state index is 13.0. The number of halogens is 2. The molecule has 1 heterocycles. The largest absolute Gasteiger partial charge is 0.364 e. The second-order valence-corrected chi connectivity index (χ2v) is 4.02. The summed E-state index contributed by atoms with van der Waals surface area (Å²) in [7, 11) is 0. The normalized spacial score (nSPS) is 29.8. The number of ether oxygens (including phenoxy) is 1. The molecule has 1 saturated heterocycles. The fraction of sp³-hybridized carbons (Fsp3) is 0.333. The summed E-state index contributed by atoms with van der Waals surface area (Å²) in [4.78, 5) is 0. The Bertz CT molecular complexity index is 364. The van der Waals surface area contributed by atoms with Gasteiger partial charge in [0, 0.05) is 6.42 Å². The first-order valence-corrected chi connectivity index (χ1v) is 4.69. The molecule has 1 aromatic carbocycles. The zero-order valence-electron chi connectivity index (χ0n) is 6.18. The molecular weight excluding hydrogens is 223 g/mol. The topological polar surface area (TPSA) is 12.5 Å². The van der Waals surface area contributed by atoms with E-state index in [1.54, 1.807) is 0 Å². The van der Waals surface area contributed by atoms with Gasteiger partial charge in [-0.15, -0.1) is 0 Å². The van der Waals surface area contributed by atoms with Crippen LogP contribution in [0.3, 0.4) is 0 Å². The van der Waals surface area contributed by atoms with Crippen molar-refractivity contribution in [3.63, 3.8) is 0 Å². The summed E-state index contributed by atoms with van der Waals surface area (Å²) in [6.07, 6.45) is 1.45. The molecule has 1 aliphatic carbocycles. The van der Waals surface area contributed by atoms with Crippen LogP contribution >= 0.6 is 15.9 Å². The molecule has 62 valence electrons. The lowest BCUT2D eigenvalue weighted by Gasteiger charge is -2.04. The van der Waals surface area contributed by atoms with Gasteiger partial charge in [-0.3, -0.25) is 0 Å². The van der Waals surface area contributed by atoms with Crippen molar-refractivity contribution in [2.45, 2.75) is 18.6 Å². The summed E-state index contributed by atoms with van der Waals surface area (Å²) in [6.45, 7) is 0. The summed E-state index contributed by atoms with van der Waals surface area (Å²) in [5.74, 6) is -0.171. The van der Waals surface area contributed by atoms with Gasteiger partial charge < -0.3 is 4.74 Å². The Hall–Kier alpha value is -0.410. The molecule has 0 N–H and O–H groups in total. The monoisotopic (exact) mass is 228 g/mol. The van der Waals surface area contributed by atoms with E-state index < -0.39 is 0 Å². The highest BCUT2D eigenvalue weighted by molar-refractivity contribution is 9.10. The smallest absolute Gasteiger partial charge is 0.137 e. The summed E-state index contributed by atoms with van der Waals surface area (Å²) in [6, 6.07) is 3.32. The van der Waals surface area contributed by atoms with E-state index in [1.165, 1.54) is 6.07 Å². The fourth-order valence-corrected chi connectivity index (χ4v) is 2.38. The average molecular weight is 229 g/mol. The maximum Gasteiger partial charge on any atom is 0.137 e. The van der Waals surface area contributed by atoms with Crippen LogP contribution in [-0.2, 0) is 11.2 Å². The lowest BCUT2D eigenvalue weighted by molar-refractivity contribution is 0.360. The first-order chi connectivity index (χ1) is 5.77. The van der Waals surface area contributed by atoms with Gasteiger partial charge in [0.2, 0.25) is 0 Å². The van der Waals surface area contributed by atoms with Gasteiger partial charge in [-0.2, -0.15) is 0 Å². The molecule has 1 aromatic rings. The molecule has 0 aromatic heterocycles. The van der Waals surface area contributed by atoms with E-state index in [0.29, 0.717) is 10.6 Å². The zero-order valence-corrected chi connectivity index (χ0v) is 7.77. The van der Waals surface area contributed by atoms with Crippen LogP contribution in [0.25, 0.3) is 0 Å². The zero-order chi connectivity index (χ0) is 8.29. The van der Waals surface area contributed by atoms with Gasteiger partial charge in [-0.1, -0.05) is 6.07 Å². The molecule has 1 aliphatic heterocycles. The lowest BCUT2D eigenvalue weighted by Crippen LogP contribution is -1.93. The molecule has 12 heavy (non-hydrogen) atoms. The second-order valence-electron chi connectivity index (χ2n) is 3.23. The predicted octanol–water partition coefficient (Wildman–Crippen LogP) is 2.58. The summed E-state index contributed by atoms with van der Waals surface area (Å²) in [5, 5.41) is 0. The van der Waals surface area contributed by atoms with Crippen LogP contribution in [0.1, 0.15) is 17.2 Å². The van der Waals surface area contributed by atoms with Crippen LogP contribution in [-0.4, -0.2) is 6.10 Å². The molecule has 0 unspecified atom stereocenters. The highest BCUT2D eigenvalue weighted by Gasteiger charge is 2.48. The molecule has 0 bridgehead atoms. The number of benzene rings is 1. The molecule has 0 saturated carbocycles. The molecule has 1 fully saturated rings. The first kappa shape index (κ1) is 7.04. The first-order valence-electron chi connectivity index (χ1n) is 3.89. The molecule has 0 radical (unpaired) electrons. The number of fused-ring (bicyclic) bond motifs is 3.